The van der Waals surface area contributed by atoms with Gasteiger partial charge in [-0.2, -0.15) is 0 Å². The molecule has 0 saturated carbocycles. The summed E-state index contributed by atoms with van der Waals surface area (Å²) in [6.07, 6.45) is 1.17. The molecule has 0 radical (unpaired) electrons. The van der Waals surface area contributed by atoms with E-state index < -0.39 is 27.8 Å². The van der Waals surface area contributed by atoms with Crippen LogP contribution in [0.2, 0.25) is 5.02 Å². The Kier molecular flexibility index (Phi) is 11.7. The SMILES string of the molecule is O=C(Nc1cccc(SC(C(=O)Nc2nc(-c3cccc([N+](=O)[O-])c3)cs2)c2ccccc2)c1)/C(=C\c1c(F)cccc1Cl)NC(=O)c1ccccc1. The van der Waals surface area contributed by atoms with Gasteiger partial charge < -0.3 is 16.0 Å². The summed E-state index contributed by atoms with van der Waals surface area (Å²) in [6.45, 7) is 0. The number of nitrogens with zero attached hydrogens (tertiary/aromatic N) is 2. The van der Waals surface area contributed by atoms with E-state index in [1.807, 2.05) is 30.3 Å². The number of aromatic nitrogens is 1. The van der Waals surface area contributed by atoms with E-state index in [1.165, 1.54) is 59.5 Å². The van der Waals surface area contributed by atoms with Crippen molar-refractivity contribution >= 4 is 75.0 Å². The molecular formula is C39H27ClFN5O5S2. The molecule has 53 heavy (non-hydrogen) atoms. The van der Waals surface area contributed by atoms with Crippen LogP contribution in [0.25, 0.3) is 17.3 Å². The summed E-state index contributed by atoms with van der Waals surface area (Å²) in [6, 6.07) is 34.3. The Morgan fingerprint density at radius 1 is 0.868 bits per heavy atom. The van der Waals surface area contributed by atoms with Gasteiger partial charge in [-0.3, -0.25) is 24.5 Å². The van der Waals surface area contributed by atoms with Crippen LogP contribution in [0.1, 0.15) is 26.7 Å². The number of nitro benzene ring substituents is 1. The minimum absolute atomic E-state index is 0.0471. The zero-order valence-electron chi connectivity index (χ0n) is 27.4. The molecule has 3 N–H and O–H groups in total. The number of benzene rings is 5. The Bertz CT molecular complexity index is 2320. The van der Waals surface area contributed by atoms with E-state index in [0.29, 0.717) is 32.5 Å². The van der Waals surface area contributed by atoms with Gasteiger partial charge in [0.15, 0.2) is 5.13 Å². The summed E-state index contributed by atoms with van der Waals surface area (Å²) in [7, 11) is 0. The maximum Gasteiger partial charge on any atom is 0.272 e. The van der Waals surface area contributed by atoms with Crippen molar-refractivity contribution in [2.45, 2.75) is 10.1 Å². The van der Waals surface area contributed by atoms with E-state index in [9.17, 15) is 28.9 Å². The normalized spacial score (nSPS) is 11.7. The summed E-state index contributed by atoms with van der Waals surface area (Å²) in [5, 5.41) is 20.8. The maximum absolute atomic E-state index is 14.8. The highest BCUT2D eigenvalue weighted by atomic mass is 35.5. The quantitative estimate of drug-likeness (QED) is 0.0488. The van der Waals surface area contributed by atoms with E-state index in [-0.39, 0.29) is 33.4 Å². The number of thioether (sulfide) groups is 1. The van der Waals surface area contributed by atoms with Crippen LogP contribution >= 0.6 is 34.7 Å². The average Bonchev–Trinajstić information content (AvgIpc) is 3.64. The number of hydrogen-bond acceptors (Lipinski definition) is 8. The minimum atomic E-state index is -0.754. The fraction of sp³-hybridized carbons (Fsp3) is 0.0256. The molecule has 0 fully saturated rings. The van der Waals surface area contributed by atoms with Gasteiger partial charge >= 0.3 is 0 Å². The molecule has 14 heteroatoms. The molecule has 3 amide bonds. The number of rotatable bonds is 12. The van der Waals surface area contributed by atoms with Gasteiger partial charge in [0.05, 0.1) is 15.6 Å². The van der Waals surface area contributed by atoms with Gasteiger partial charge in [-0.25, -0.2) is 9.37 Å². The van der Waals surface area contributed by atoms with Crippen molar-refractivity contribution in [2.75, 3.05) is 10.6 Å². The Labute approximate surface area is 315 Å². The molecule has 264 valence electrons. The van der Waals surface area contributed by atoms with Gasteiger partial charge in [0.1, 0.15) is 16.8 Å². The molecule has 0 aliphatic heterocycles. The van der Waals surface area contributed by atoms with Gasteiger partial charge in [0, 0.05) is 44.8 Å². The van der Waals surface area contributed by atoms with Crippen LogP contribution in [0.5, 0.6) is 0 Å². The van der Waals surface area contributed by atoms with Gasteiger partial charge in [-0.15, -0.1) is 23.1 Å². The highest BCUT2D eigenvalue weighted by Gasteiger charge is 2.24. The summed E-state index contributed by atoms with van der Waals surface area (Å²) in [5.74, 6) is -2.38. The van der Waals surface area contributed by atoms with E-state index in [0.717, 1.165) is 0 Å². The van der Waals surface area contributed by atoms with Crippen LogP contribution in [0.3, 0.4) is 0 Å². The number of carbonyl (C=O) groups excluding carboxylic acids is 3. The van der Waals surface area contributed by atoms with Crippen molar-refractivity contribution in [2.24, 2.45) is 0 Å². The van der Waals surface area contributed by atoms with Crippen LogP contribution in [0.4, 0.5) is 20.9 Å². The third-order valence-corrected chi connectivity index (χ3v) is 9.93. The lowest BCUT2D eigenvalue weighted by Crippen LogP contribution is -2.30. The molecule has 6 aromatic rings. The molecule has 10 nitrogen and oxygen atoms in total. The molecular weight excluding hydrogens is 737 g/mol. The molecule has 1 atom stereocenters. The number of non-ortho nitro benzene ring substituents is 1. The molecule has 5 aromatic carbocycles. The van der Waals surface area contributed by atoms with Crippen molar-refractivity contribution in [3.05, 3.63) is 176 Å². The second-order valence-corrected chi connectivity index (χ2v) is 13.7. The number of amides is 3. The highest BCUT2D eigenvalue weighted by molar-refractivity contribution is 8.00. The largest absolute Gasteiger partial charge is 0.321 e. The van der Waals surface area contributed by atoms with Crippen molar-refractivity contribution in [3.63, 3.8) is 0 Å². The minimum Gasteiger partial charge on any atom is -0.321 e. The van der Waals surface area contributed by atoms with E-state index >= 15 is 0 Å². The second kappa shape index (κ2) is 16.9. The standard InChI is InChI=1S/C39H27ClFN5O5S2/c40-31-18-9-19-32(41)30(31)22-33(43-36(47)25-12-5-2-6-13-25)37(48)42-27-15-8-17-29(21-27)53-35(24-10-3-1-4-11-24)38(49)45-39-44-34(23-52-39)26-14-7-16-28(20-26)46(50)51/h1-23,35H,(H,42,48)(H,43,47)(H,44,45,49)/b33-22+. The first kappa shape index (κ1) is 36.6. The van der Waals surface area contributed by atoms with E-state index in [1.54, 1.807) is 72.1 Å². The van der Waals surface area contributed by atoms with Crippen LogP contribution in [-0.2, 0) is 9.59 Å². The Balaban J connectivity index is 1.22. The molecule has 1 heterocycles. The molecule has 0 bridgehead atoms. The molecule has 1 aromatic heterocycles. The number of nitrogens with one attached hydrogen (secondary N) is 3. The lowest BCUT2D eigenvalue weighted by atomic mass is 10.1. The summed E-state index contributed by atoms with van der Waals surface area (Å²) < 4.78 is 14.8. The Hall–Kier alpha value is -6.15. The van der Waals surface area contributed by atoms with E-state index in [4.69, 9.17) is 11.6 Å². The van der Waals surface area contributed by atoms with Crippen molar-refractivity contribution in [3.8, 4) is 11.3 Å². The molecule has 6 rings (SSSR count). The molecule has 1 unspecified atom stereocenters. The number of hydrogen-bond donors (Lipinski definition) is 3. The van der Waals surface area contributed by atoms with Gasteiger partial charge in [0.25, 0.3) is 17.5 Å². The van der Waals surface area contributed by atoms with Crippen LogP contribution in [0.15, 0.2) is 143 Å². The van der Waals surface area contributed by atoms with Crippen LogP contribution in [0, 0.1) is 15.9 Å². The average molecular weight is 764 g/mol. The van der Waals surface area contributed by atoms with Crippen molar-refractivity contribution < 1.29 is 23.7 Å². The predicted octanol–water partition coefficient (Wildman–Crippen LogP) is 9.39. The zero-order valence-corrected chi connectivity index (χ0v) is 29.8. The Morgan fingerprint density at radius 2 is 1.58 bits per heavy atom. The first-order chi connectivity index (χ1) is 25.6. The summed E-state index contributed by atoms with van der Waals surface area (Å²) >= 11 is 8.66. The lowest BCUT2D eigenvalue weighted by molar-refractivity contribution is -0.384. The maximum atomic E-state index is 14.8. The number of anilines is 2. The topological polar surface area (TPSA) is 143 Å². The van der Waals surface area contributed by atoms with E-state index in [2.05, 4.69) is 20.9 Å². The fourth-order valence-electron chi connectivity index (χ4n) is 5.03. The van der Waals surface area contributed by atoms with Crippen molar-refractivity contribution in [1.29, 1.82) is 0 Å². The highest BCUT2D eigenvalue weighted by Crippen LogP contribution is 2.38. The van der Waals surface area contributed by atoms with Gasteiger partial charge in [-0.1, -0.05) is 84.4 Å². The molecule has 0 aliphatic carbocycles. The van der Waals surface area contributed by atoms with Gasteiger partial charge in [-0.05, 0) is 54.1 Å². The van der Waals surface area contributed by atoms with Gasteiger partial charge in [0.2, 0.25) is 5.91 Å². The molecule has 0 spiro atoms. The number of thiazole rings is 1. The first-order valence-corrected chi connectivity index (χ1v) is 17.9. The predicted molar refractivity (Wildman–Crippen MR) is 206 cm³/mol. The first-order valence-electron chi connectivity index (χ1n) is 15.8. The number of halogens is 2. The van der Waals surface area contributed by atoms with Crippen molar-refractivity contribution in [1.82, 2.24) is 10.3 Å². The molecule has 0 saturated heterocycles. The third-order valence-electron chi connectivity index (χ3n) is 7.59. The zero-order chi connectivity index (χ0) is 37.3. The van der Waals surface area contributed by atoms with Crippen LogP contribution in [-0.4, -0.2) is 27.6 Å². The smallest absolute Gasteiger partial charge is 0.272 e. The Morgan fingerprint density at radius 3 is 2.32 bits per heavy atom. The molecule has 0 aliphatic rings. The summed E-state index contributed by atoms with van der Waals surface area (Å²) in [4.78, 5) is 56.4. The fourth-order valence-corrected chi connectivity index (χ4v) is 7.05. The number of carbonyl (C=O) groups is 3. The third kappa shape index (κ3) is 9.40. The monoisotopic (exact) mass is 763 g/mol. The summed E-state index contributed by atoms with van der Waals surface area (Å²) in [5.41, 5.74) is 1.95. The number of nitro groups is 1. The second-order valence-electron chi connectivity index (χ2n) is 11.2. The lowest BCUT2D eigenvalue weighted by Gasteiger charge is -2.17. The van der Waals surface area contributed by atoms with Crippen LogP contribution < -0.4 is 16.0 Å².